The fraction of sp³-hybridized carbons (Fsp3) is 0.800. The average Bonchev–Trinajstić information content (AvgIpc) is 2.73. The van der Waals surface area contributed by atoms with Crippen LogP contribution in [0.15, 0.2) is 6.33 Å². The summed E-state index contributed by atoms with van der Waals surface area (Å²) in [5.41, 5.74) is 0. The van der Waals surface area contributed by atoms with Crippen molar-refractivity contribution in [2.75, 3.05) is 6.54 Å². The summed E-state index contributed by atoms with van der Waals surface area (Å²) in [6, 6.07) is 0.693. The highest BCUT2D eigenvalue weighted by atomic mass is 16.1. The Kier molecular flexibility index (Phi) is 5.29. The summed E-state index contributed by atoms with van der Waals surface area (Å²) in [5, 5.41) is 4.30. The van der Waals surface area contributed by atoms with Crippen molar-refractivity contribution >= 4 is 5.78 Å². The minimum atomic E-state index is 0.284. The number of ketones is 1. The summed E-state index contributed by atoms with van der Waals surface area (Å²) in [7, 11) is 0. The van der Waals surface area contributed by atoms with Gasteiger partial charge in [0.1, 0.15) is 17.9 Å². The zero-order chi connectivity index (χ0) is 14.5. The van der Waals surface area contributed by atoms with E-state index in [1.807, 2.05) is 4.68 Å². The molecule has 1 aromatic heterocycles. The Balaban J connectivity index is 2.10. The van der Waals surface area contributed by atoms with Crippen LogP contribution in [-0.4, -0.2) is 38.0 Å². The van der Waals surface area contributed by atoms with Gasteiger partial charge in [0.15, 0.2) is 0 Å². The predicted molar refractivity (Wildman–Crippen MR) is 78.4 cm³/mol. The molecule has 0 radical (unpaired) electrons. The van der Waals surface area contributed by atoms with E-state index in [2.05, 4.69) is 28.8 Å². The van der Waals surface area contributed by atoms with Crippen LogP contribution in [0.3, 0.4) is 0 Å². The van der Waals surface area contributed by atoms with Crippen molar-refractivity contribution in [1.29, 1.82) is 0 Å². The Labute approximate surface area is 121 Å². The van der Waals surface area contributed by atoms with Crippen molar-refractivity contribution in [1.82, 2.24) is 19.7 Å². The Hall–Kier alpha value is -1.23. The molecular weight excluding hydrogens is 252 g/mol. The second-order valence-corrected chi connectivity index (χ2v) is 6.09. The molecule has 20 heavy (non-hydrogen) atoms. The normalized spacial score (nSPS) is 21.1. The number of carbonyl (C=O) groups excluding carboxylic acids is 1. The van der Waals surface area contributed by atoms with Crippen LogP contribution in [-0.2, 0) is 11.3 Å². The van der Waals surface area contributed by atoms with Gasteiger partial charge in [-0.05, 0) is 40.2 Å². The molecule has 1 aromatic rings. The molecule has 0 N–H and O–H groups in total. The van der Waals surface area contributed by atoms with Gasteiger partial charge in [-0.15, -0.1) is 0 Å². The zero-order valence-corrected chi connectivity index (χ0v) is 12.9. The van der Waals surface area contributed by atoms with Crippen molar-refractivity contribution < 1.29 is 4.79 Å². The van der Waals surface area contributed by atoms with Crippen molar-refractivity contribution in [3.05, 3.63) is 12.2 Å². The van der Waals surface area contributed by atoms with E-state index in [1.165, 1.54) is 19.3 Å². The maximum absolute atomic E-state index is 11.5. The number of likely N-dealkylation sites (tertiary alicyclic amines) is 1. The second-order valence-electron chi connectivity index (χ2n) is 6.09. The summed E-state index contributed by atoms with van der Waals surface area (Å²) in [6.45, 7) is 7.79. The third-order valence-electron chi connectivity index (χ3n) is 4.00. The molecule has 1 aliphatic rings. The number of Topliss-reactive ketones (excluding diaryl/α,β-unsaturated/α-hetero) is 1. The second kappa shape index (κ2) is 6.97. The molecule has 5 heteroatoms. The van der Waals surface area contributed by atoms with Crippen molar-refractivity contribution in [2.24, 2.45) is 0 Å². The lowest BCUT2D eigenvalue weighted by Crippen LogP contribution is -2.36. The summed E-state index contributed by atoms with van der Waals surface area (Å²) in [6.07, 6.45) is 7.12. The van der Waals surface area contributed by atoms with Crippen molar-refractivity contribution in [2.45, 2.75) is 71.5 Å². The van der Waals surface area contributed by atoms with Crippen LogP contribution >= 0.6 is 0 Å². The zero-order valence-electron chi connectivity index (χ0n) is 12.9. The molecule has 1 atom stereocenters. The third-order valence-corrected chi connectivity index (χ3v) is 4.00. The first kappa shape index (κ1) is 15.2. The number of rotatable bonds is 5. The minimum Gasteiger partial charge on any atom is -0.300 e. The summed E-state index contributed by atoms with van der Waals surface area (Å²) in [4.78, 5) is 18.3. The molecule has 112 valence electrons. The molecule has 0 amide bonds. The van der Waals surface area contributed by atoms with Gasteiger partial charge in [-0.3, -0.25) is 9.69 Å². The molecule has 1 saturated heterocycles. The quantitative estimate of drug-likeness (QED) is 0.830. The molecule has 1 fully saturated rings. The van der Waals surface area contributed by atoms with E-state index in [1.54, 1.807) is 13.3 Å². The Morgan fingerprint density at radius 1 is 1.40 bits per heavy atom. The fourth-order valence-corrected chi connectivity index (χ4v) is 3.01. The van der Waals surface area contributed by atoms with Crippen LogP contribution in [0.1, 0.15) is 64.7 Å². The van der Waals surface area contributed by atoms with Gasteiger partial charge in [0.2, 0.25) is 0 Å². The van der Waals surface area contributed by atoms with Gasteiger partial charge in [-0.2, -0.15) is 5.10 Å². The summed E-state index contributed by atoms with van der Waals surface area (Å²) in [5.74, 6) is 1.29. The van der Waals surface area contributed by atoms with Crippen molar-refractivity contribution in [3.8, 4) is 0 Å². The standard InChI is InChI=1S/C15H26N4O/c1-12(2)19-15(16-11-17-19)10-18-8-6-4-5-7-14(18)9-13(3)20/h11-12,14H,4-10H2,1-3H3. The first-order valence-electron chi connectivity index (χ1n) is 7.69. The van der Waals surface area contributed by atoms with Gasteiger partial charge in [0.25, 0.3) is 0 Å². The van der Waals surface area contributed by atoms with E-state index in [-0.39, 0.29) is 5.78 Å². The predicted octanol–water partition coefficient (Wildman–Crippen LogP) is 2.58. The number of nitrogens with zero attached hydrogens (tertiary/aromatic N) is 4. The number of carbonyl (C=O) groups is 1. The first-order chi connectivity index (χ1) is 9.58. The highest BCUT2D eigenvalue weighted by Gasteiger charge is 2.24. The molecule has 5 nitrogen and oxygen atoms in total. The van der Waals surface area contributed by atoms with Crippen LogP contribution in [0.5, 0.6) is 0 Å². The third kappa shape index (κ3) is 3.88. The highest BCUT2D eigenvalue weighted by molar-refractivity contribution is 5.76. The molecule has 2 heterocycles. The molecule has 1 unspecified atom stereocenters. The fourth-order valence-electron chi connectivity index (χ4n) is 3.01. The number of hydrogen-bond donors (Lipinski definition) is 0. The van der Waals surface area contributed by atoms with E-state index in [0.717, 1.165) is 25.3 Å². The Bertz CT molecular complexity index is 441. The van der Waals surface area contributed by atoms with Gasteiger partial charge in [0, 0.05) is 18.5 Å². The van der Waals surface area contributed by atoms with Crippen molar-refractivity contribution in [3.63, 3.8) is 0 Å². The number of hydrogen-bond acceptors (Lipinski definition) is 4. The number of aromatic nitrogens is 3. The van der Waals surface area contributed by atoms with Crippen LogP contribution in [0.25, 0.3) is 0 Å². The molecule has 0 spiro atoms. The lowest BCUT2D eigenvalue weighted by atomic mass is 10.0. The maximum Gasteiger partial charge on any atom is 0.141 e. The topological polar surface area (TPSA) is 51.0 Å². The van der Waals surface area contributed by atoms with Crippen LogP contribution in [0.2, 0.25) is 0 Å². The Morgan fingerprint density at radius 2 is 2.20 bits per heavy atom. The van der Waals surface area contributed by atoms with E-state index in [4.69, 9.17) is 0 Å². The molecule has 0 saturated carbocycles. The summed E-state index contributed by atoms with van der Waals surface area (Å²) < 4.78 is 1.98. The highest BCUT2D eigenvalue weighted by Crippen LogP contribution is 2.21. The van der Waals surface area contributed by atoms with Gasteiger partial charge in [-0.1, -0.05) is 12.8 Å². The van der Waals surface area contributed by atoms with Crippen LogP contribution < -0.4 is 0 Å². The molecule has 2 rings (SSSR count). The van der Waals surface area contributed by atoms with Gasteiger partial charge < -0.3 is 0 Å². The average molecular weight is 278 g/mol. The lowest BCUT2D eigenvalue weighted by molar-refractivity contribution is -0.118. The molecule has 0 bridgehead atoms. The monoisotopic (exact) mass is 278 g/mol. The van der Waals surface area contributed by atoms with Gasteiger partial charge in [-0.25, -0.2) is 9.67 Å². The maximum atomic E-state index is 11.5. The first-order valence-corrected chi connectivity index (χ1v) is 7.69. The SMILES string of the molecule is CC(=O)CC1CCCCCN1Cc1ncnn1C(C)C. The molecular formula is C15H26N4O. The molecule has 0 aromatic carbocycles. The minimum absolute atomic E-state index is 0.284. The Morgan fingerprint density at radius 3 is 2.90 bits per heavy atom. The molecule has 0 aliphatic carbocycles. The summed E-state index contributed by atoms with van der Waals surface area (Å²) >= 11 is 0. The largest absolute Gasteiger partial charge is 0.300 e. The van der Waals surface area contributed by atoms with E-state index in [0.29, 0.717) is 18.5 Å². The lowest BCUT2D eigenvalue weighted by Gasteiger charge is -2.29. The van der Waals surface area contributed by atoms with Gasteiger partial charge >= 0.3 is 0 Å². The molecule has 1 aliphatic heterocycles. The van der Waals surface area contributed by atoms with Crippen LogP contribution in [0.4, 0.5) is 0 Å². The van der Waals surface area contributed by atoms with E-state index < -0.39 is 0 Å². The van der Waals surface area contributed by atoms with E-state index >= 15 is 0 Å². The van der Waals surface area contributed by atoms with Crippen LogP contribution in [0, 0.1) is 0 Å². The van der Waals surface area contributed by atoms with E-state index in [9.17, 15) is 4.79 Å². The smallest absolute Gasteiger partial charge is 0.141 e. The van der Waals surface area contributed by atoms with Gasteiger partial charge in [0.05, 0.1) is 6.54 Å².